The molecule has 0 saturated heterocycles. The number of fused-ring (bicyclic) bond motifs is 1. The van der Waals surface area contributed by atoms with Crippen LogP contribution in [0.2, 0.25) is 5.02 Å². The van der Waals surface area contributed by atoms with E-state index in [9.17, 15) is 5.26 Å². The summed E-state index contributed by atoms with van der Waals surface area (Å²) in [5.41, 5.74) is 8.97. The van der Waals surface area contributed by atoms with E-state index in [0.717, 1.165) is 11.1 Å². The first-order valence-corrected chi connectivity index (χ1v) is 7.19. The average Bonchev–Trinajstić information content (AvgIpc) is 2.55. The average molecular weight is 325 g/mol. The number of halogens is 1. The topological polar surface area (TPSA) is 84.0 Å². The van der Waals surface area contributed by atoms with Crippen LogP contribution in [0.15, 0.2) is 42.6 Å². The number of hydrogen-bond donors (Lipinski definition) is 2. The molecule has 2 aromatic carbocycles. The summed E-state index contributed by atoms with van der Waals surface area (Å²) in [7, 11) is 1.55. The Balaban J connectivity index is 2.20. The van der Waals surface area contributed by atoms with Gasteiger partial charge in [0.2, 0.25) is 0 Å². The van der Waals surface area contributed by atoms with Crippen LogP contribution in [0.25, 0.3) is 10.9 Å². The Morgan fingerprint density at radius 2 is 2.13 bits per heavy atom. The van der Waals surface area contributed by atoms with Gasteiger partial charge in [-0.3, -0.25) is 4.98 Å². The van der Waals surface area contributed by atoms with Crippen LogP contribution >= 0.6 is 11.6 Å². The van der Waals surface area contributed by atoms with Gasteiger partial charge < -0.3 is 15.8 Å². The summed E-state index contributed by atoms with van der Waals surface area (Å²) in [6.45, 7) is 0. The summed E-state index contributed by atoms with van der Waals surface area (Å²) in [5, 5.41) is 13.9. The fourth-order valence-corrected chi connectivity index (χ4v) is 2.53. The molecule has 1 heterocycles. The molecule has 3 aromatic rings. The number of nitrogens with two attached hydrogens (primary N) is 1. The highest BCUT2D eigenvalue weighted by molar-refractivity contribution is 6.30. The summed E-state index contributed by atoms with van der Waals surface area (Å²) in [4.78, 5) is 4.30. The van der Waals surface area contributed by atoms with Gasteiger partial charge in [0.05, 0.1) is 29.6 Å². The first kappa shape index (κ1) is 14.9. The molecule has 0 unspecified atom stereocenters. The Hall–Kier alpha value is -2.97. The number of aromatic nitrogens is 1. The number of rotatable bonds is 3. The van der Waals surface area contributed by atoms with E-state index in [1.807, 2.05) is 12.1 Å². The standard InChI is InChI=1S/C17H13ClN4O/c1-23-16-7-15-13(6-14(16)20)17(10(8-19)9-21-15)22-12-4-2-3-11(18)5-12/h2-7,9H,20H2,1H3,(H,21,22). The van der Waals surface area contributed by atoms with Gasteiger partial charge in [0.15, 0.2) is 0 Å². The van der Waals surface area contributed by atoms with Crippen LogP contribution in [-0.4, -0.2) is 12.1 Å². The molecule has 0 saturated carbocycles. The predicted octanol–water partition coefficient (Wildman–Crippen LogP) is 4.09. The van der Waals surface area contributed by atoms with Crippen molar-refractivity contribution in [1.29, 1.82) is 5.26 Å². The molecule has 6 heteroatoms. The maximum atomic E-state index is 9.37. The second kappa shape index (κ2) is 6.03. The molecule has 0 spiro atoms. The van der Waals surface area contributed by atoms with Gasteiger partial charge in [-0.15, -0.1) is 0 Å². The number of methoxy groups -OCH3 is 1. The molecule has 1 aromatic heterocycles. The minimum Gasteiger partial charge on any atom is -0.495 e. The lowest BCUT2D eigenvalue weighted by Crippen LogP contribution is -1.99. The van der Waals surface area contributed by atoms with Crippen LogP contribution in [0, 0.1) is 11.3 Å². The van der Waals surface area contributed by atoms with E-state index in [-0.39, 0.29) is 0 Å². The van der Waals surface area contributed by atoms with Crippen molar-refractivity contribution in [3.63, 3.8) is 0 Å². The van der Waals surface area contributed by atoms with Crippen LogP contribution < -0.4 is 15.8 Å². The predicted molar refractivity (Wildman–Crippen MR) is 92.2 cm³/mol. The molecule has 23 heavy (non-hydrogen) atoms. The van der Waals surface area contributed by atoms with Crippen molar-refractivity contribution in [2.45, 2.75) is 0 Å². The molecule has 0 aliphatic heterocycles. The number of nitrogens with one attached hydrogen (secondary N) is 1. The Morgan fingerprint density at radius 1 is 1.30 bits per heavy atom. The van der Waals surface area contributed by atoms with Gasteiger partial charge in [-0.25, -0.2) is 0 Å². The number of pyridine rings is 1. The molecular formula is C17H13ClN4O. The first-order valence-electron chi connectivity index (χ1n) is 6.81. The maximum Gasteiger partial charge on any atom is 0.143 e. The van der Waals surface area contributed by atoms with E-state index in [1.54, 1.807) is 31.4 Å². The maximum absolute atomic E-state index is 9.37. The summed E-state index contributed by atoms with van der Waals surface area (Å²) < 4.78 is 5.22. The van der Waals surface area contributed by atoms with E-state index >= 15 is 0 Å². The fourth-order valence-electron chi connectivity index (χ4n) is 2.34. The normalized spacial score (nSPS) is 10.3. The number of benzene rings is 2. The van der Waals surface area contributed by atoms with Crippen LogP contribution in [0.1, 0.15) is 5.56 Å². The largest absolute Gasteiger partial charge is 0.495 e. The van der Waals surface area contributed by atoms with E-state index < -0.39 is 0 Å². The number of anilines is 3. The van der Waals surface area contributed by atoms with E-state index in [4.69, 9.17) is 22.1 Å². The minimum atomic E-state index is 0.419. The molecule has 5 nitrogen and oxygen atoms in total. The molecule has 3 rings (SSSR count). The highest BCUT2D eigenvalue weighted by atomic mass is 35.5. The number of nitrogen functional groups attached to an aromatic ring is 1. The van der Waals surface area contributed by atoms with Crippen molar-refractivity contribution in [3.8, 4) is 11.8 Å². The molecule has 0 amide bonds. The molecular weight excluding hydrogens is 312 g/mol. The number of hydrogen-bond acceptors (Lipinski definition) is 5. The van der Waals surface area contributed by atoms with Gasteiger partial charge in [0.25, 0.3) is 0 Å². The molecule has 0 atom stereocenters. The second-order valence-corrected chi connectivity index (χ2v) is 5.34. The Morgan fingerprint density at radius 3 is 2.83 bits per heavy atom. The first-order chi connectivity index (χ1) is 11.1. The molecule has 0 bridgehead atoms. The third kappa shape index (κ3) is 2.85. The van der Waals surface area contributed by atoms with Crippen LogP contribution in [-0.2, 0) is 0 Å². The van der Waals surface area contributed by atoms with Gasteiger partial charge in [0, 0.05) is 28.4 Å². The monoisotopic (exact) mass is 324 g/mol. The quantitative estimate of drug-likeness (QED) is 0.709. The van der Waals surface area contributed by atoms with E-state index in [0.29, 0.717) is 33.2 Å². The Labute approximate surface area is 138 Å². The van der Waals surface area contributed by atoms with Crippen LogP contribution in [0.4, 0.5) is 17.1 Å². The van der Waals surface area contributed by atoms with Gasteiger partial charge in [-0.2, -0.15) is 5.26 Å². The van der Waals surface area contributed by atoms with E-state index in [1.165, 1.54) is 6.20 Å². The lowest BCUT2D eigenvalue weighted by molar-refractivity contribution is 0.417. The third-order valence-corrected chi connectivity index (χ3v) is 3.67. The van der Waals surface area contributed by atoms with Crippen LogP contribution in [0.5, 0.6) is 5.75 Å². The van der Waals surface area contributed by atoms with Crippen molar-refractivity contribution >= 4 is 39.6 Å². The molecule has 114 valence electrons. The van der Waals surface area contributed by atoms with Crippen LogP contribution in [0.3, 0.4) is 0 Å². The highest BCUT2D eigenvalue weighted by Gasteiger charge is 2.12. The molecule has 0 aliphatic carbocycles. The van der Waals surface area contributed by atoms with Crippen molar-refractivity contribution in [2.75, 3.05) is 18.2 Å². The van der Waals surface area contributed by atoms with Gasteiger partial charge in [-0.05, 0) is 24.3 Å². The van der Waals surface area contributed by atoms with Gasteiger partial charge in [-0.1, -0.05) is 17.7 Å². The summed E-state index contributed by atoms with van der Waals surface area (Å²) in [5.74, 6) is 0.545. The Bertz CT molecular complexity index is 934. The second-order valence-electron chi connectivity index (χ2n) is 4.91. The molecule has 3 N–H and O–H groups in total. The van der Waals surface area contributed by atoms with E-state index in [2.05, 4.69) is 16.4 Å². The summed E-state index contributed by atoms with van der Waals surface area (Å²) in [6, 6.07) is 12.9. The van der Waals surface area contributed by atoms with Crippen molar-refractivity contribution in [3.05, 3.63) is 53.2 Å². The molecule has 0 aliphatic rings. The number of nitrogens with zero attached hydrogens (tertiary/aromatic N) is 2. The number of nitriles is 1. The van der Waals surface area contributed by atoms with Crippen molar-refractivity contribution in [1.82, 2.24) is 4.98 Å². The third-order valence-electron chi connectivity index (χ3n) is 3.43. The summed E-state index contributed by atoms with van der Waals surface area (Å²) in [6.07, 6.45) is 1.52. The smallest absolute Gasteiger partial charge is 0.143 e. The highest BCUT2D eigenvalue weighted by Crippen LogP contribution is 2.34. The minimum absolute atomic E-state index is 0.419. The van der Waals surface area contributed by atoms with Gasteiger partial charge in [0.1, 0.15) is 11.8 Å². The SMILES string of the molecule is COc1cc2ncc(C#N)c(Nc3cccc(Cl)c3)c2cc1N. The zero-order valence-electron chi connectivity index (χ0n) is 12.3. The fraction of sp³-hybridized carbons (Fsp3) is 0.0588. The molecule has 0 radical (unpaired) electrons. The lowest BCUT2D eigenvalue weighted by atomic mass is 10.1. The zero-order valence-corrected chi connectivity index (χ0v) is 13.1. The van der Waals surface area contributed by atoms with Crippen molar-refractivity contribution < 1.29 is 4.74 Å². The molecule has 0 fully saturated rings. The Kier molecular flexibility index (Phi) is 3.92. The number of ether oxygens (including phenoxy) is 1. The van der Waals surface area contributed by atoms with Gasteiger partial charge >= 0.3 is 0 Å². The summed E-state index contributed by atoms with van der Waals surface area (Å²) >= 11 is 6.01. The zero-order chi connectivity index (χ0) is 16.4. The van der Waals surface area contributed by atoms with Crippen molar-refractivity contribution in [2.24, 2.45) is 0 Å². The lowest BCUT2D eigenvalue weighted by Gasteiger charge is -2.13.